The van der Waals surface area contributed by atoms with E-state index in [4.69, 9.17) is 5.11 Å². The van der Waals surface area contributed by atoms with Crippen molar-refractivity contribution in [1.29, 1.82) is 0 Å². The van der Waals surface area contributed by atoms with Crippen LogP contribution in [0.5, 0.6) is 0 Å². The first-order valence-corrected chi connectivity index (χ1v) is 7.74. The van der Waals surface area contributed by atoms with Gasteiger partial charge in [0.15, 0.2) is 0 Å². The maximum atomic E-state index is 10.9. The van der Waals surface area contributed by atoms with E-state index >= 15 is 0 Å². The zero-order valence-corrected chi connectivity index (χ0v) is 13.9. The monoisotopic (exact) mass is 342 g/mol. The van der Waals surface area contributed by atoms with Crippen molar-refractivity contribution in [3.63, 3.8) is 0 Å². The molecule has 2 N–H and O–H groups in total. The Morgan fingerprint density at radius 3 is 2.55 bits per heavy atom. The second kappa shape index (κ2) is 8.39. The molecule has 0 bridgehead atoms. The topological polar surface area (TPSA) is 52.6 Å². The molecule has 0 fully saturated rings. The van der Waals surface area contributed by atoms with Gasteiger partial charge in [-0.25, -0.2) is 4.79 Å². The third-order valence-electron chi connectivity index (χ3n) is 3.37. The van der Waals surface area contributed by atoms with Gasteiger partial charge in [-0.2, -0.15) is 0 Å². The summed E-state index contributed by atoms with van der Waals surface area (Å²) in [4.78, 5) is 13.3. The van der Waals surface area contributed by atoms with Crippen molar-refractivity contribution >= 4 is 21.9 Å². The summed E-state index contributed by atoms with van der Waals surface area (Å²) < 4.78 is 0.833. The van der Waals surface area contributed by atoms with E-state index < -0.39 is 5.97 Å². The van der Waals surface area contributed by atoms with Crippen molar-refractivity contribution in [3.8, 4) is 0 Å². The first kappa shape index (κ1) is 17.1. The van der Waals surface area contributed by atoms with Gasteiger partial charge in [-0.05, 0) is 37.7 Å². The zero-order chi connectivity index (χ0) is 15.1. The van der Waals surface area contributed by atoms with Crippen LogP contribution in [0.2, 0.25) is 0 Å². The van der Waals surface area contributed by atoms with Crippen molar-refractivity contribution in [2.75, 3.05) is 19.6 Å². The predicted molar refractivity (Wildman–Crippen MR) is 85.2 cm³/mol. The molecule has 0 aliphatic rings. The van der Waals surface area contributed by atoms with Crippen LogP contribution in [0.3, 0.4) is 0 Å². The minimum absolute atomic E-state index is 0.303. The van der Waals surface area contributed by atoms with Gasteiger partial charge < -0.3 is 15.3 Å². The van der Waals surface area contributed by atoms with Gasteiger partial charge in [0.25, 0.3) is 0 Å². The molecule has 0 aliphatic carbocycles. The molecule has 1 aromatic carbocycles. The molecule has 0 saturated heterocycles. The van der Waals surface area contributed by atoms with E-state index in [1.165, 1.54) is 0 Å². The Morgan fingerprint density at radius 1 is 1.40 bits per heavy atom. The van der Waals surface area contributed by atoms with Gasteiger partial charge in [-0.1, -0.05) is 35.8 Å². The molecule has 0 aliphatic heterocycles. The number of hydrogen-bond acceptors (Lipinski definition) is 3. The molecule has 0 amide bonds. The molecule has 1 aromatic rings. The number of halogens is 1. The molecule has 0 aromatic heterocycles. The van der Waals surface area contributed by atoms with E-state index in [1.54, 1.807) is 12.1 Å². The Morgan fingerprint density at radius 2 is 2.05 bits per heavy atom. The van der Waals surface area contributed by atoms with E-state index in [2.05, 4.69) is 46.9 Å². The summed E-state index contributed by atoms with van der Waals surface area (Å²) in [5.41, 5.74) is 1.37. The van der Waals surface area contributed by atoms with Gasteiger partial charge in [0, 0.05) is 23.6 Å². The second-order valence-corrected chi connectivity index (χ2v) is 5.73. The molecular weight excluding hydrogens is 320 g/mol. The van der Waals surface area contributed by atoms with Crippen molar-refractivity contribution in [1.82, 2.24) is 10.2 Å². The molecule has 5 heteroatoms. The van der Waals surface area contributed by atoms with Crippen molar-refractivity contribution < 1.29 is 9.90 Å². The number of benzene rings is 1. The lowest BCUT2D eigenvalue weighted by molar-refractivity contribution is 0.0697. The smallest absolute Gasteiger partial charge is 0.335 e. The van der Waals surface area contributed by atoms with Crippen LogP contribution >= 0.6 is 15.9 Å². The average molecular weight is 343 g/mol. The molecule has 4 nitrogen and oxygen atoms in total. The van der Waals surface area contributed by atoms with Gasteiger partial charge in [0.05, 0.1) is 5.56 Å². The highest BCUT2D eigenvalue weighted by atomic mass is 79.9. The van der Waals surface area contributed by atoms with Crippen LogP contribution in [0.4, 0.5) is 0 Å². The van der Waals surface area contributed by atoms with Crippen molar-refractivity contribution in [2.45, 2.75) is 33.4 Å². The minimum Gasteiger partial charge on any atom is -0.478 e. The maximum Gasteiger partial charge on any atom is 0.335 e. The highest BCUT2D eigenvalue weighted by Crippen LogP contribution is 2.18. The Labute approximate surface area is 129 Å². The van der Waals surface area contributed by atoms with Gasteiger partial charge in [0.1, 0.15) is 0 Å². The Kier molecular flexibility index (Phi) is 7.19. The van der Waals surface area contributed by atoms with Crippen LogP contribution in [-0.2, 0) is 6.54 Å². The second-order valence-electron chi connectivity index (χ2n) is 4.88. The molecule has 1 unspecified atom stereocenters. The quantitative estimate of drug-likeness (QED) is 0.762. The fourth-order valence-corrected chi connectivity index (χ4v) is 2.56. The molecule has 112 valence electrons. The third-order valence-corrected chi connectivity index (χ3v) is 4.11. The van der Waals surface area contributed by atoms with Crippen LogP contribution in [0.15, 0.2) is 22.7 Å². The molecule has 20 heavy (non-hydrogen) atoms. The Hall–Kier alpha value is -0.910. The normalized spacial score (nSPS) is 12.7. The van der Waals surface area contributed by atoms with Gasteiger partial charge in [0.2, 0.25) is 0 Å². The SMILES string of the molecule is CCN(CC)CC(C)NCc1ccc(C(=O)O)cc1Br. The van der Waals surface area contributed by atoms with E-state index in [1.807, 2.05) is 6.07 Å². The number of hydrogen-bond donors (Lipinski definition) is 2. The summed E-state index contributed by atoms with van der Waals surface area (Å²) >= 11 is 3.43. The summed E-state index contributed by atoms with van der Waals surface area (Å²) in [6.07, 6.45) is 0. The third kappa shape index (κ3) is 5.23. The van der Waals surface area contributed by atoms with Crippen LogP contribution in [0, 0.1) is 0 Å². The van der Waals surface area contributed by atoms with E-state index in [-0.39, 0.29) is 0 Å². The molecule has 1 atom stereocenters. The van der Waals surface area contributed by atoms with Crippen molar-refractivity contribution in [3.05, 3.63) is 33.8 Å². The standard InChI is InChI=1S/C15H23BrN2O2/c1-4-18(5-2)10-11(3)17-9-13-7-6-12(15(19)20)8-14(13)16/h6-8,11,17H,4-5,9-10H2,1-3H3,(H,19,20). The Balaban J connectivity index is 2.55. The summed E-state index contributed by atoms with van der Waals surface area (Å²) in [6.45, 7) is 10.3. The fourth-order valence-electron chi connectivity index (χ4n) is 2.04. The Bertz CT molecular complexity index is 447. The summed E-state index contributed by atoms with van der Waals surface area (Å²) in [6, 6.07) is 5.53. The van der Waals surface area contributed by atoms with Gasteiger partial charge in [-0.15, -0.1) is 0 Å². The van der Waals surface area contributed by atoms with Gasteiger partial charge in [-0.3, -0.25) is 0 Å². The number of likely N-dealkylation sites (N-methyl/N-ethyl adjacent to an activating group) is 1. The number of rotatable bonds is 8. The summed E-state index contributed by atoms with van der Waals surface area (Å²) in [5.74, 6) is -0.903. The van der Waals surface area contributed by atoms with E-state index in [9.17, 15) is 4.79 Å². The number of carboxylic acids is 1. The number of carbonyl (C=O) groups is 1. The lowest BCUT2D eigenvalue weighted by Gasteiger charge is -2.23. The zero-order valence-electron chi connectivity index (χ0n) is 12.3. The number of nitrogens with zero attached hydrogens (tertiary/aromatic N) is 1. The largest absolute Gasteiger partial charge is 0.478 e. The number of carboxylic acid groups (broad SMARTS) is 1. The van der Waals surface area contributed by atoms with Gasteiger partial charge >= 0.3 is 5.97 Å². The molecule has 1 rings (SSSR count). The maximum absolute atomic E-state index is 10.9. The van der Waals surface area contributed by atoms with Crippen LogP contribution in [0.25, 0.3) is 0 Å². The van der Waals surface area contributed by atoms with E-state index in [0.29, 0.717) is 11.6 Å². The van der Waals surface area contributed by atoms with Crippen LogP contribution in [-0.4, -0.2) is 41.7 Å². The first-order chi connectivity index (χ1) is 9.47. The highest BCUT2D eigenvalue weighted by Gasteiger charge is 2.09. The summed E-state index contributed by atoms with van der Waals surface area (Å²) in [7, 11) is 0. The molecular formula is C15H23BrN2O2. The van der Waals surface area contributed by atoms with Crippen molar-refractivity contribution in [2.24, 2.45) is 0 Å². The molecule has 0 saturated carbocycles. The van der Waals surface area contributed by atoms with E-state index in [0.717, 1.165) is 36.2 Å². The van der Waals surface area contributed by atoms with Crippen LogP contribution < -0.4 is 5.32 Å². The fraction of sp³-hybridized carbons (Fsp3) is 0.533. The molecule has 0 heterocycles. The minimum atomic E-state index is -0.903. The predicted octanol–water partition coefficient (Wildman–Crippen LogP) is 2.97. The lowest BCUT2D eigenvalue weighted by atomic mass is 10.1. The summed E-state index contributed by atoms with van der Waals surface area (Å²) in [5, 5.41) is 12.4. The first-order valence-electron chi connectivity index (χ1n) is 6.95. The van der Waals surface area contributed by atoms with Crippen LogP contribution in [0.1, 0.15) is 36.7 Å². The number of nitrogens with one attached hydrogen (secondary N) is 1. The molecule has 0 spiro atoms. The number of aromatic carboxylic acids is 1. The molecule has 0 radical (unpaired) electrons. The lowest BCUT2D eigenvalue weighted by Crippen LogP contribution is -2.38. The average Bonchev–Trinajstić information content (AvgIpc) is 2.43. The highest BCUT2D eigenvalue weighted by molar-refractivity contribution is 9.10.